The smallest absolute Gasteiger partial charge is 0.0849 e. The molecule has 0 unspecified atom stereocenters. The first kappa shape index (κ1) is 9.63. The number of rotatable bonds is 3. The van der Waals surface area contributed by atoms with Crippen LogP contribution in [0.5, 0.6) is 0 Å². The quantitative estimate of drug-likeness (QED) is 0.556. The van der Waals surface area contributed by atoms with E-state index in [1.807, 2.05) is 0 Å². The van der Waals surface area contributed by atoms with Gasteiger partial charge in [-0.25, -0.2) is 4.39 Å². The van der Waals surface area contributed by atoms with Gasteiger partial charge in [-0.3, -0.25) is 0 Å². The molecule has 2 heteroatoms. The van der Waals surface area contributed by atoms with Gasteiger partial charge in [-0.15, -0.1) is 0 Å². The number of halogens is 1. The minimum Gasteiger partial charge on any atom is -0.377 e. The van der Waals surface area contributed by atoms with Gasteiger partial charge in [-0.2, -0.15) is 0 Å². The Balaban J connectivity index is 3.20. The second kappa shape index (κ2) is 4.45. The summed E-state index contributed by atoms with van der Waals surface area (Å²) in [7, 11) is 0. The maximum absolute atomic E-state index is 11.4. The summed E-state index contributed by atoms with van der Waals surface area (Å²) in [6, 6.07) is 0. The third-order valence-electron chi connectivity index (χ3n) is 0.838. The highest BCUT2D eigenvalue weighted by molar-refractivity contribution is 4.71. The summed E-state index contributed by atoms with van der Waals surface area (Å²) in [5.74, 6) is 0. The summed E-state index contributed by atoms with van der Waals surface area (Å²) in [4.78, 5) is 0. The highest BCUT2D eigenvalue weighted by Gasteiger charge is 2.08. The van der Waals surface area contributed by atoms with Gasteiger partial charge in [-0.05, 0) is 11.5 Å². The SMILES string of the molecule is CC(C)(C)COC/C=C/F. The van der Waals surface area contributed by atoms with Crippen molar-refractivity contribution in [2.24, 2.45) is 5.41 Å². The number of hydrogen-bond acceptors (Lipinski definition) is 1. The molecule has 1 nitrogen and oxygen atoms in total. The van der Waals surface area contributed by atoms with E-state index < -0.39 is 0 Å². The molecule has 60 valence electrons. The van der Waals surface area contributed by atoms with Crippen LogP contribution in [0.4, 0.5) is 4.39 Å². The van der Waals surface area contributed by atoms with Crippen LogP contribution in [0.2, 0.25) is 0 Å². The number of hydrogen-bond donors (Lipinski definition) is 0. The zero-order valence-electron chi connectivity index (χ0n) is 6.86. The lowest BCUT2D eigenvalue weighted by Gasteiger charge is -2.16. The molecule has 0 aliphatic heterocycles. The van der Waals surface area contributed by atoms with Crippen LogP contribution in [0.1, 0.15) is 20.8 Å². The van der Waals surface area contributed by atoms with E-state index in [-0.39, 0.29) is 5.41 Å². The molecule has 0 aliphatic carbocycles. The molecule has 0 fully saturated rings. The van der Waals surface area contributed by atoms with Gasteiger partial charge in [0.2, 0.25) is 0 Å². The van der Waals surface area contributed by atoms with Crippen LogP contribution in [0.3, 0.4) is 0 Å². The van der Waals surface area contributed by atoms with Crippen LogP contribution < -0.4 is 0 Å². The van der Waals surface area contributed by atoms with E-state index in [0.29, 0.717) is 19.5 Å². The third kappa shape index (κ3) is 7.63. The van der Waals surface area contributed by atoms with Crippen molar-refractivity contribution in [3.63, 3.8) is 0 Å². The molecule has 0 aromatic rings. The molecular weight excluding hydrogens is 131 g/mol. The van der Waals surface area contributed by atoms with Crippen molar-refractivity contribution in [3.05, 3.63) is 12.4 Å². The van der Waals surface area contributed by atoms with Crippen molar-refractivity contribution in [2.75, 3.05) is 13.2 Å². The normalized spacial score (nSPS) is 12.8. The van der Waals surface area contributed by atoms with E-state index in [0.717, 1.165) is 0 Å². The van der Waals surface area contributed by atoms with Crippen LogP contribution in [-0.2, 0) is 4.74 Å². The van der Waals surface area contributed by atoms with Crippen molar-refractivity contribution in [3.8, 4) is 0 Å². The minimum absolute atomic E-state index is 0.171. The molecule has 0 bridgehead atoms. The molecule has 0 N–H and O–H groups in total. The molecule has 0 saturated carbocycles. The summed E-state index contributed by atoms with van der Waals surface area (Å²) in [6.07, 6.45) is 1.86. The summed E-state index contributed by atoms with van der Waals surface area (Å²) < 4.78 is 16.5. The van der Waals surface area contributed by atoms with E-state index in [9.17, 15) is 4.39 Å². The molecule has 0 spiro atoms. The standard InChI is InChI=1S/C8H15FO/c1-8(2,3)7-10-6-4-5-9/h4-5H,6-7H2,1-3H3/b5-4+. The second-order valence-electron chi connectivity index (χ2n) is 3.44. The maximum Gasteiger partial charge on any atom is 0.0849 e. The summed E-state index contributed by atoms with van der Waals surface area (Å²) in [6.45, 7) is 7.26. The fourth-order valence-electron chi connectivity index (χ4n) is 0.470. The summed E-state index contributed by atoms with van der Waals surface area (Å²) in [5, 5.41) is 0. The monoisotopic (exact) mass is 146 g/mol. The first-order valence-electron chi connectivity index (χ1n) is 3.39. The lowest BCUT2D eigenvalue weighted by molar-refractivity contribution is 0.0906. The Morgan fingerprint density at radius 3 is 2.40 bits per heavy atom. The molecule has 0 aliphatic rings. The van der Waals surface area contributed by atoms with Gasteiger partial charge in [0.05, 0.1) is 19.5 Å². The summed E-state index contributed by atoms with van der Waals surface area (Å²) >= 11 is 0. The second-order valence-corrected chi connectivity index (χ2v) is 3.44. The number of ether oxygens (including phenoxy) is 1. The van der Waals surface area contributed by atoms with Gasteiger partial charge in [0, 0.05) is 0 Å². The van der Waals surface area contributed by atoms with E-state index in [1.54, 1.807) is 0 Å². The Morgan fingerprint density at radius 2 is 2.00 bits per heavy atom. The molecule has 0 rings (SSSR count). The van der Waals surface area contributed by atoms with Crippen molar-refractivity contribution in [1.82, 2.24) is 0 Å². The lowest BCUT2D eigenvalue weighted by atomic mass is 9.99. The predicted octanol–water partition coefficient (Wildman–Crippen LogP) is 2.53. The third-order valence-corrected chi connectivity index (χ3v) is 0.838. The molecule has 10 heavy (non-hydrogen) atoms. The van der Waals surface area contributed by atoms with Crippen molar-refractivity contribution in [1.29, 1.82) is 0 Å². The van der Waals surface area contributed by atoms with Gasteiger partial charge in [-0.1, -0.05) is 20.8 Å². The molecule has 0 atom stereocenters. The van der Waals surface area contributed by atoms with Crippen molar-refractivity contribution in [2.45, 2.75) is 20.8 Å². The topological polar surface area (TPSA) is 9.23 Å². The van der Waals surface area contributed by atoms with Crippen LogP contribution >= 0.6 is 0 Å². The molecule has 0 aromatic heterocycles. The van der Waals surface area contributed by atoms with Crippen molar-refractivity contribution >= 4 is 0 Å². The fraction of sp³-hybridized carbons (Fsp3) is 0.750. The maximum atomic E-state index is 11.4. The van der Waals surface area contributed by atoms with E-state index in [4.69, 9.17) is 4.74 Å². The first-order chi connectivity index (χ1) is 4.56. The van der Waals surface area contributed by atoms with Crippen LogP contribution in [0, 0.1) is 5.41 Å². The largest absolute Gasteiger partial charge is 0.377 e. The zero-order valence-corrected chi connectivity index (χ0v) is 6.86. The molecule has 0 radical (unpaired) electrons. The predicted molar refractivity (Wildman–Crippen MR) is 40.5 cm³/mol. The summed E-state index contributed by atoms with van der Waals surface area (Å²) in [5.41, 5.74) is 0.171. The van der Waals surface area contributed by atoms with Gasteiger partial charge >= 0.3 is 0 Å². The van der Waals surface area contributed by atoms with Gasteiger partial charge in [0.1, 0.15) is 0 Å². The Morgan fingerprint density at radius 1 is 1.40 bits per heavy atom. The molecule has 0 saturated heterocycles. The molecule has 0 aromatic carbocycles. The Labute approximate surface area is 61.9 Å². The van der Waals surface area contributed by atoms with E-state index >= 15 is 0 Å². The van der Waals surface area contributed by atoms with Crippen LogP contribution in [0.15, 0.2) is 12.4 Å². The lowest BCUT2D eigenvalue weighted by Crippen LogP contribution is -2.14. The molecule has 0 amide bonds. The van der Waals surface area contributed by atoms with Gasteiger partial charge < -0.3 is 4.74 Å². The van der Waals surface area contributed by atoms with Gasteiger partial charge in [0.25, 0.3) is 0 Å². The highest BCUT2D eigenvalue weighted by atomic mass is 19.1. The first-order valence-corrected chi connectivity index (χ1v) is 3.39. The Bertz CT molecular complexity index is 102. The van der Waals surface area contributed by atoms with Crippen molar-refractivity contribution < 1.29 is 9.13 Å². The van der Waals surface area contributed by atoms with E-state index in [1.165, 1.54) is 6.08 Å². The minimum atomic E-state index is 0.171. The highest BCUT2D eigenvalue weighted by Crippen LogP contribution is 2.12. The van der Waals surface area contributed by atoms with Crippen LogP contribution in [0.25, 0.3) is 0 Å². The average molecular weight is 146 g/mol. The Kier molecular flexibility index (Phi) is 4.28. The molecular formula is C8H15FO. The molecule has 0 heterocycles. The van der Waals surface area contributed by atoms with Crippen LogP contribution in [-0.4, -0.2) is 13.2 Å². The average Bonchev–Trinajstić information content (AvgIpc) is 1.78. The fourth-order valence-corrected chi connectivity index (χ4v) is 0.470. The van der Waals surface area contributed by atoms with E-state index in [2.05, 4.69) is 20.8 Å². The Hall–Kier alpha value is -0.370. The van der Waals surface area contributed by atoms with Gasteiger partial charge in [0.15, 0.2) is 0 Å². The zero-order chi connectivity index (χ0) is 8.04.